The average molecular weight is 119 g/mol. The molecule has 0 heterocycles. The maximum Gasteiger partial charge on any atom is 0.105 e. The molecule has 0 radical (unpaired) electrons. The molecule has 0 amide bonds. The van der Waals surface area contributed by atoms with Crippen LogP contribution in [0.1, 0.15) is 20.3 Å². The number of nitrogens with two attached hydrogens (primary N) is 1. The molecule has 0 spiro atoms. The quantitative estimate of drug-likeness (QED) is 0.596. The van der Waals surface area contributed by atoms with Crippen molar-refractivity contribution in [3.8, 4) is 0 Å². The highest BCUT2D eigenvalue weighted by Gasteiger charge is 2.08. The van der Waals surface area contributed by atoms with Crippen LogP contribution in [0.5, 0.6) is 0 Å². The van der Waals surface area contributed by atoms with Crippen LogP contribution in [0.4, 0.5) is 4.39 Å². The molecule has 2 atom stereocenters. The van der Waals surface area contributed by atoms with Crippen molar-refractivity contribution in [2.75, 3.05) is 6.67 Å². The molecule has 0 aromatic heterocycles. The van der Waals surface area contributed by atoms with Gasteiger partial charge in [-0.3, -0.25) is 0 Å². The summed E-state index contributed by atoms with van der Waals surface area (Å²) in [5.74, 6) is 0.319. The Kier molecular flexibility index (Phi) is 3.79. The van der Waals surface area contributed by atoms with Gasteiger partial charge in [0, 0.05) is 6.04 Å². The Morgan fingerprint density at radius 1 is 1.62 bits per heavy atom. The van der Waals surface area contributed by atoms with Crippen LogP contribution in [0.15, 0.2) is 0 Å². The summed E-state index contributed by atoms with van der Waals surface area (Å²) < 4.78 is 11.7. The zero-order valence-electron chi connectivity index (χ0n) is 5.52. The third-order valence-corrected chi connectivity index (χ3v) is 1.55. The largest absolute Gasteiger partial charge is 0.325 e. The van der Waals surface area contributed by atoms with Gasteiger partial charge in [0.1, 0.15) is 6.67 Å². The Morgan fingerprint density at radius 3 is 2.25 bits per heavy atom. The third kappa shape index (κ3) is 2.26. The number of halogens is 1. The average Bonchev–Trinajstić information content (AvgIpc) is 1.84. The predicted octanol–water partition coefficient (Wildman–Crippen LogP) is 1.33. The molecule has 0 aliphatic heterocycles. The molecule has 0 fully saturated rings. The van der Waals surface area contributed by atoms with Crippen molar-refractivity contribution in [1.29, 1.82) is 0 Å². The van der Waals surface area contributed by atoms with E-state index in [1.807, 2.05) is 13.8 Å². The second-order valence-corrected chi connectivity index (χ2v) is 2.20. The van der Waals surface area contributed by atoms with Crippen molar-refractivity contribution < 1.29 is 4.39 Å². The van der Waals surface area contributed by atoms with E-state index in [9.17, 15) is 4.39 Å². The van der Waals surface area contributed by atoms with Crippen LogP contribution in [-0.2, 0) is 0 Å². The van der Waals surface area contributed by atoms with E-state index < -0.39 is 6.67 Å². The highest BCUT2D eigenvalue weighted by Crippen LogP contribution is 2.04. The summed E-state index contributed by atoms with van der Waals surface area (Å²) >= 11 is 0. The van der Waals surface area contributed by atoms with E-state index >= 15 is 0 Å². The van der Waals surface area contributed by atoms with E-state index in [1.54, 1.807) is 0 Å². The van der Waals surface area contributed by atoms with Gasteiger partial charge in [-0.2, -0.15) is 0 Å². The summed E-state index contributed by atoms with van der Waals surface area (Å²) in [6, 6.07) is -0.250. The molecule has 50 valence electrons. The molecule has 0 unspecified atom stereocenters. The van der Waals surface area contributed by atoms with Crippen molar-refractivity contribution in [2.45, 2.75) is 26.3 Å². The van der Waals surface area contributed by atoms with E-state index in [0.717, 1.165) is 6.42 Å². The minimum Gasteiger partial charge on any atom is -0.325 e. The van der Waals surface area contributed by atoms with Crippen LogP contribution in [0.2, 0.25) is 0 Å². The molecule has 0 aromatic rings. The normalized spacial score (nSPS) is 18.0. The molecule has 8 heavy (non-hydrogen) atoms. The van der Waals surface area contributed by atoms with Crippen LogP contribution in [0.3, 0.4) is 0 Å². The molecular weight excluding hydrogens is 105 g/mol. The standard InChI is InChI=1S/C6H14FN/c1-3-5(2)6(8)4-7/h5-6H,3-4,8H2,1-2H3/t5-,6+/m0/s1. The summed E-state index contributed by atoms with van der Waals surface area (Å²) in [5, 5.41) is 0. The molecule has 0 aromatic carbocycles. The first-order valence-electron chi connectivity index (χ1n) is 3.03. The van der Waals surface area contributed by atoms with Crippen molar-refractivity contribution in [1.82, 2.24) is 0 Å². The molecule has 0 aliphatic carbocycles. The Hall–Kier alpha value is -0.110. The van der Waals surface area contributed by atoms with Crippen molar-refractivity contribution in [2.24, 2.45) is 11.7 Å². The first-order valence-corrected chi connectivity index (χ1v) is 3.03. The van der Waals surface area contributed by atoms with Gasteiger partial charge in [-0.15, -0.1) is 0 Å². The van der Waals surface area contributed by atoms with Crippen molar-refractivity contribution >= 4 is 0 Å². The molecule has 0 saturated carbocycles. The fourth-order valence-electron chi connectivity index (χ4n) is 0.455. The molecule has 0 bridgehead atoms. The Labute approximate surface area is 50.1 Å². The van der Waals surface area contributed by atoms with E-state index in [1.165, 1.54) is 0 Å². The zero-order chi connectivity index (χ0) is 6.57. The summed E-state index contributed by atoms with van der Waals surface area (Å²) in [6.07, 6.45) is 0.963. The van der Waals surface area contributed by atoms with Gasteiger partial charge in [0.2, 0.25) is 0 Å². The monoisotopic (exact) mass is 119 g/mol. The maximum absolute atomic E-state index is 11.7. The van der Waals surface area contributed by atoms with Gasteiger partial charge in [0.15, 0.2) is 0 Å². The van der Waals surface area contributed by atoms with Crippen LogP contribution >= 0.6 is 0 Å². The summed E-state index contributed by atoms with van der Waals surface area (Å²) in [5.41, 5.74) is 5.35. The van der Waals surface area contributed by atoms with Crippen LogP contribution < -0.4 is 5.73 Å². The fourth-order valence-corrected chi connectivity index (χ4v) is 0.455. The van der Waals surface area contributed by atoms with E-state index in [4.69, 9.17) is 5.73 Å². The summed E-state index contributed by atoms with van der Waals surface area (Å²) in [6.45, 7) is 3.58. The number of alkyl halides is 1. The first kappa shape index (κ1) is 7.89. The number of rotatable bonds is 3. The van der Waals surface area contributed by atoms with E-state index in [2.05, 4.69) is 0 Å². The van der Waals surface area contributed by atoms with Crippen LogP contribution in [0.25, 0.3) is 0 Å². The SMILES string of the molecule is CC[C@H](C)[C@H](N)CF. The fraction of sp³-hybridized carbons (Fsp3) is 1.00. The minimum absolute atomic E-state index is 0.250. The highest BCUT2D eigenvalue weighted by molar-refractivity contribution is 4.65. The van der Waals surface area contributed by atoms with Gasteiger partial charge in [-0.05, 0) is 5.92 Å². The molecule has 2 heteroatoms. The van der Waals surface area contributed by atoms with E-state index in [-0.39, 0.29) is 6.04 Å². The lowest BCUT2D eigenvalue weighted by atomic mass is 10.0. The zero-order valence-corrected chi connectivity index (χ0v) is 5.52. The van der Waals surface area contributed by atoms with Gasteiger partial charge in [0.25, 0.3) is 0 Å². The first-order chi connectivity index (χ1) is 3.72. The Morgan fingerprint density at radius 2 is 2.12 bits per heavy atom. The van der Waals surface area contributed by atoms with Crippen LogP contribution in [-0.4, -0.2) is 12.7 Å². The molecule has 2 N–H and O–H groups in total. The Balaban J connectivity index is 3.29. The number of hydrogen-bond donors (Lipinski definition) is 1. The predicted molar refractivity (Wildman–Crippen MR) is 33.4 cm³/mol. The molecule has 1 nitrogen and oxygen atoms in total. The summed E-state index contributed by atoms with van der Waals surface area (Å²) in [4.78, 5) is 0. The molecule has 0 saturated heterocycles. The topological polar surface area (TPSA) is 26.0 Å². The minimum atomic E-state index is -0.394. The third-order valence-electron chi connectivity index (χ3n) is 1.55. The molecule has 0 aliphatic rings. The molecule has 0 rings (SSSR count). The second kappa shape index (κ2) is 3.84. The van der Waals surface area contributed by atoms with Gasteiger partial charge in [-0.1, -0.05) is 20.3 Å². The van der Waals surface area contributed by atoms with Gasteiger partial charge in [0.05, 0.1) is 0 Å². The van der Waals surface area contributed by atoms with Crippen molar-refractivity contribution in [3.63, 3.8) is 0 Å². The summed E-state index contributed by atoms with van der Waals surface area (Å²) in [7, 11) is 0. The maximum atomic E-state index is 11.7. The van der Waals surface area contributed by atoms with Gasteiger partial charge < -0.3 is 5.73 Å². The van der Waals surface area contributed by atoms with E-state index in [0.29, 0.717) is 5.92 Å². The lowest BCUT2D eigenvalue weighted by molar-refractivity contribution is 0.343. The van der Waals surface area contributed by atoms with Gasteiger partial charge in [-0.25, -0.2) is 4.39 Å². The second-order valence-electron chi connectivity index (χ2n) is 2.20. The lowest BCUT2D eigenvalue weighted by Gasteiger charge is -2.12. The Bertz CT molecular complexity index is 48.5. The van der Waals surface area contributed by atoms with Gasteiger partial charge >= 0.3 is 0 Å². The molecular formula is C6H14FN. The highest BCUT2D eigenvalue weighted by atomic mass is 19.1. The lowest BCUT2D eigenvalue weighted by Crippen LogP contribution is -2.29. The van der Waals surface area contributed by atoms with Crippen LogP contribution in [0, 0.1) is 5.92 Å². The van der Waals surface area contributed by atoms with Crippen molar-refractivity contribution in [3.05, 3.63) is 0 Å². The number of hydrogen-bond acceptors (Lipinski definition) is 1. The smallest absolute Gasteiger partial charge is 0.105 e.